The summed E-state index contributed by atoms with van der Waals surface area (Å²) in [7, 11) is 0. The first kappa shape index (κ1) is 9.92. The highest BCUT2D eigenvalue weighted by atomic mass is 16.5. The average molecular weight is 146 g/mol. The summed E-state index contributed by atoms with van der Waals surface area (Å²) in [6.45, 7) is 8.54. The van der Waals surface area contributed by atoms with Gasteiger partial charge in [0, 0.05) is 6.61 Å². The average Bonchev–Trinajstić information content (AvgIpc) is 1.82. The topological polar surface area (TPSA) is 29.5 Å². The van der Waals surface area contributed by atoms with Gasteiger partial charge in [-0.1, -0.05) is 13.8 Å². The van der Waals surface area contributed by atoms with Gasteiger partial charge in [0.05, 0.1) is 12.2 Å². The molecule has 2 nitrogen and oxygen atoms in total. The van der Waals surface area contributed by atoms with Crippen molar-refractivity contribution in [2.75, 3.05) is 6.61 Å². The maximum atomic E-state index is 9.01. The van der Waals surface area contributed by atoms with Crippen LogP contribution in [0.3, 0.4) is 0 Å². The minimum absolute atomic E-state index is 0.0394. The molecule has 62 valence electrons. The smallest absolute Gasteiger partial charge is 0.0803 e. The zero-order valence-corrected chi connectivity index (χ0v) is 7.29. The third-order valence-electron chi connectivity index (χ3n) is 1.37. The van der Waals surface area contributed by atoms with E-state index >= 15 is 0 Å². The number of aliphatic hydroxyl groups excluding tert-OH is 1. The highest BCUT2D eigenvalue weighted by Crippen LogP contribution is 2.01. The highest BCUT2D eigenvalue weighted by Gasteiger charge is 2.08. The molecule has 2 unspecified atom stereocenters. The molecule has 0 aromatic rings. The quantitative estimate of drug-likeness (QED) is 0.650. The summed E-state index contributed by atoms with van der Waals surface area (Å²) in [5, 5.41) is 9.01. The van der Waals surface area contributed by atoms with Crippen LogP contribution in [0, 0.1) is 5.92 Å². The molecule has 1 N–H and O–H groups in total. The van der Waals surface area contributed by atoms with Gasteiger partial charge in [-0.3, -0.25) is 0 Å². The fourth-order valence-corrected chi connectivity index (χ4v) is 0.483. The SMILES string of the molecule is CC(C)COC(C)C(C)O. The van der Waals surface area contributed by atoms with Crippen molar-refractivity contribution in [3.63, 3.8) is 0 Å². The minimum Gasteiger partial charge on any atom is -0.391 e. The lowest BCUT2D eigenvalue weighted by molar-refractivity contribution is -0.0278. The van der Waals surface area contributed by atoms with Crippen molar-refractivity contribution >= 4 is 0 Å². The third-order valence-corrected chi connectivity index (χ3v) is 1.37. The molecule has 0 aromatic carbocycles. The summed E-state index contributed by atoms with van der Waals surface area (Å²) >= 11 is 0. The third kappa shape index (κ3) is 4.77. The maximum absolute atomic E-state index is 9.01. The van der Waals surface area contributed by atoms with E-state index in [0.29, 0.717) is 5.92 Å². The van der Waals surface area contributed by atoms with Crippen LogP contribution in [0.1, 0.15) is 27.7 Å². The van der Waals surface area contributed by atoms with Crippen LogP contribution in [0.15, 0.2) is 0 Å². The monoisotopic (exact) mass is 146 g/mol. The summed E-state index contributed by atoms with van der Waals surface area (Å²) < 4.78 is 5.31. The Hall–Kier alpha value is -0.0800. The molecule has 0 spiro atoms. The molecule has 0 aliphatic carbocycles. The summed E-state index contributed by atoms with van der Waals surface area (Å²) in [5.74, 6) is 0.543. The van der Waals surface area contributed by atoms with E-state index in [1.54, 1.807) is 6.92 Å². The molecule has 0 fully saturated rings. The lowest BCUT2D eigenvalue weighted by Gasteiger charge is -2.16. The van der Waals surface area contributed by atoms with Gasteiger partial charge in [0.2, 0.25) is 0 Å². The van der Waals surface area contributed by atoms with Gasteiger partial charge in [0.25, 0.3) is 0 Å². The normalized spacial score (nSPS) is 17.4. The van der Waals surface area contributed by atoms with Gasteiger partial charge in [-0.2, -0.15) is 0 Å². The Morgan fingerprint density at radius 1 is 1.20 bits per heavy atom. The van der Waals surface area contributed by atoms with Gasteiger partial charge in [-0.05, 0) is 19.8 Å². The fraction of sp³-hybridized carbons (Fsp3) is 1.00. The van der Waals surface area contributed by atoms with Crippen LogP contribution in [-0.2, 0) is 4.74 Å². The van der Waals surface area contributed by atoms with E-state index in [9.17, 15) is 0 Å². The molecule has 0 heterocycles. The zero-order valence-electron chi connectivity index (χ0n) is 7.29. The van der Waals surface area contributed by atoms with Crippen LogP contribution >= 0.6 is 0 Å². The number of ether oxygens (including phenoxy) is 1. The van der Waals surface area contributed by atoms with Crippen LogP contribution in [-0.4, -0.2) is 23.9 Å². The van der Waals surface area contributed by atoms with Crippen molar-refractivity contribution in [2.45, 2.75) is 39.9 Å². The Labute approximate surface area is 63.2 Å². The molecule has 0 aromatic heterocycles. The molecule has 2 atom stereocenters. The van der Waals surface area contributed by atoms with Gasteiger partial charge < -0.3 is 9.84 Å². The van der Waals surface area contributed by atoms with E-state index in [2.05, 4.69) is 13.8 Å². The fourth-order valence-electron chi connectivity index (χ4n) is 0.483. The van der Waals surface area contributed by atoms with E-state index in [0.717, 1.165) is 6.61 Å². The standard InChI is InChI=1S/C8H18O2/c1-6(2)5-10-8(4)7(3)9/h6-9H,5H2,1-4H3. The largest absolute Gasteiger partial charge is 0.391 e. The van der Waals surface area contributed by atoms with Crippen molar-refractivity contribution in [3.05, 3.63) is 0 Å². The van der Waals surface area contributed by atoms with E-state index in [4.69, 9.17) is 9.84 Å². The zero-order chi connectivity index (χ0) is 8.15. The molecule has 0 saturated heterocycles. The van der Waals surface area contributed by atoms with Crippen molar-refractivity contribution in [2.24, 2.45) is 5.92 Å². The first-order valence-electron chi connectivity index (χ1n) is 3.83. The predicted octanol–water partition coefficient (Wildman–Crippen LogP) is 1.43. The molecular weight excluding hydrogens is 128 g/mol. The molecule has 0 aliphatic rings. The van der Waals surface area contributed by atoms with Gasteiger partial charge in [-0.15, -0.1) is 0 Å². The second kappa shape index (κ2) is 4.69. The lowest BCUT2D eigenvalue weighted by atomic mass is 10.2. The van der Waals surface area contributed by atoms with E-state index in [-0.39, 0.29) is 12.2 Å². The van der Waals surface area contributed by atoms with Crippen LogP contribution in [0.25, 0.3) is 0 Å². The van der Waals surface area contributed by atoms with Gasteiger partial charge in [0.15, 0.2) is 0 Å². The van der Waals surface area contributed by atoms with Crippen LogP contribution in [0.5, 0.6) is 0 Å². The van der Waals surface area contributed by atoms with E-state index in [1.165, 1.54) is 0 Å². The first-order valence-corrected chi connectivity index (χ1v) is 3.83. The minimum atomic E-state index is -0.362. The summed E-state index contributed by atoms with van der Waals surface area (Å²) in [6, 6.07) is 0. The lowest BCUT2D eigenvalue weighted by Crippen LogP contribution is -2.24. The van der Waals surface area contributed by atoms with Crippen molar-refractivity contribution in [3.8, 4) is 0 Å². The number of rotatable bonds is 4. The van der Waals surface area contributed by atoms with E-state index in [1.807, 2.05) is 6.92 Å². The van der Waals surface area contributed by atoms with Crippen LogP contribution < -0.4 is 0 Å². The molecule has 0 saturated carbocycles. The molecule has 0 bridgehead atoms. The number of aliphatic hydroxyl groups is 1. The van der Waals surface area contributed by atoms with Gasteiger partial charge in [-0.25, -0.2) is 0 Å². The predicted molar refractivity (Wildman–Crippen MR) is 41.9 cm³/mol. The summed E-state index contributed by atoms with van der Waals surface area (Å²) in [5.41, 5.74) is 0. The Balaban J connectivity index is 3.30. The van der Waals surface area contributed by atoms with Crippen molar-refractivity contribution in [1.29, 1.82) is 0 Å². The molecule has 0 amide bonds. The van der Waals surface area contributed by atoms with Gasteiger partial charge >= 0.3 is 0 Å². The molecule has 2 heteroatoms. The molecule has 10 heavy (non-hydrogen) atoms. The van der Waals surface area contributed by atoms with Crippen molar-refractivity contribution in [1.82, 2.24) is 0 Å². The van der Waals surface area contributed by atoms with E-state index < -0.39 is 0 Å². The molecule has 0 radical (unpaired) electrons. The summed E-state index contributed by atoms with van der Waals surface area (Å²) in [6.07, 6.45) is -0.402. The summed E-state index contributed by atoms with van der Waals surface area (Å²) in [4.78, 5) is 0. The highest BCUT2D eigenvalue weighted by molar-refractivity contribution is 4.57. The Morgan fingerprint density at radius 3 is 2.00 bits per heavy atom. The Kier molecular flexibility index (Phi) is 4.65. The maximum Gasteiger partial charge on any atom is 0.0803 e. The Morgan fingerprint density at radius 2 is 1.70 bits per heavy atom. The second-order valence-electron chi connectivity index (χ2n) is 3.17. The van der Waals surface area contributed by atoms with Crippen LogP contribution in [0.4, 0.5) is 0 Å². The first-order chi connectivity index (χ1) is 4.54. The Bertz CT molecular complexity index is 79.3. The van der Waals surface area contributed by atoms with Crippen molar-refractivity contribution < 1.29 is 9.84 Å². The van der Waals surface area contributed by atoms with Gasteiger partial charge in [0.1, 0.15) is 0 Å². The molecule has 0 rings (SSSR count). The number of hydrogen-bond donors (Lipinski definition) is 1. The molecule has 0 aliphatic heterocycles. The number of hydrogen-bond acceptors (Lipinski definition) is 2. The van der Waals surface area contributed by atoms with Crippen LogP contribution in [0.2, 0.25) is 0 Å². The second-order valence-corrected chi connectivity index (χ2v) is 3.17. The molecular formula is C8H18O2.